The average molecular weight is 456 g/mol. The van der Waals surface area contributed by atoms with Crippen molar-refractivity contribution in [2.24, 2.45) is 5.92 Å². The van der Waals surface area contributed by atoms with E-state index in [-0.39, 0.29) is 10.8 Å². The molecule has 168 valence electrons. The summed E-state index contributed by atoms with van der Waals surface area (Å²) in [5.41, 5.74) is 0. The molecule has 30 heavy (non-hydrogen) atoms. The van der Waals surface area contributed by atoms with Crippen LogP contribution in [0.25, 0.3) is 0 Å². The zero-order valence-electron chi connectivity index (χ0n) is 17.6. The molecule has 0 atom stereocenters. The minimum Gasteiger partial charge on any atom is -0.379 e. The minimum atomic E-state index is -3.67. The summed E-state index contributed by atoms with van der Waals surface area (Å²) in [5, 5.41) is 1.72. The SMILES string of the molecule is O=C(c1sccc1S(=O)(=O)N1CCOCC1)N1CCCN(CC2CCCCC2)CC1. The quantitative estimate of drug-likeness (QED) is 0.682. The number of morpholine rings is 1. The standard InChI is InChI=1S/C21H33N3O4S2/c25-21(20-19(7-16-29-20)30(26,27)24-12-14-28-15-13-24)23-9-4-8-22(10-11-23)17-18-5-2-1-3-6-18/h7,16,18H,1-6,8-15,17H2. The van der Waals surface area contributed by atoms with Crippen molar-refractivity contribution in [1.82, 2.24) is 14.1 Å². The summed E-state index contributed by atoms with van der Waals surface area (Å²) >= 11 is 1.24. The second-order valence-corrected chi connectivity index (χ2v) is 11.4. The summed E-state index contributed by atoms with van der Waals surface area (Å²) in [5.74, 6) is 0.653. The lowest BCUT2D eigenvalue weighted by atomic mass is 9.89. The van der Waals surface area contributed by atoms with Crippen LogP contribution < -0.4 is 0 Å². The van der Waals surface area contributed by atoms with Gasteiger partial charge >= 0.3 is 0 Å². The summed E-state index contributed by atoms with van der Waals surface area (Å²) in [7, 11) is -3.67. The number of thiophene rings is 1. The molecular weight excluding hydrogens is 422 g/mol. The number of nitrogens with zero attached hydrogens (tertiary/aromatic N) is 3. The van der Waals surface area contributed by atoms with Crippen LogP contribution in [0.1, 0.15) is 48.2 Å². The van der Waals surface area contributed by atoms with Gasteiger partial charge in [-0.25, -0.2) is 8.42 Å². The van der Waals surface area contributed by atoms with Crippen LogP contribution in [0.3, 0.4) is 0 Å². The van der Waals surface area contributed by atoms with Gasteiger partial charge in [0.1, 0.15) is 9.77 Å². The fourth-order valence-corrected chi connectivity index (χ4v) is 7.59. The number of ether oxygens (including phenoxy) is 1. The molecule has 0 aromatic carbocycles. The molecule has 1 saturated carbocycles. The molecule has 3 aliphatic rings. The molecule has 2 aliphatic heterocycles. The van der Waals surface area contributed by atoms with E-state index in [9.17, 15) is 13.2 Å². The highest BCUT2D eigenvalue weighted by Gasteiger charge is 2.33. The first-order valence-corrected chi connectivity index (χ1v) is 13.5. The van der Waals surface area contributed by atoms with E-state index in [1.165, 1.54) is 47.7 Å². The van der Waals surface area contributed by atoms with Gasteiger partial charge in [0.05, 0.1) is 13.2 Å². The number of carbonyl (C=O) groups excluding carboxylic acids is 1. The number of hydrogen-bond donors (Lipinski definition) is 0. The molecule has 0 unspecified atom stereocenters. The monoisotopic (exact) mass is 455 g/mol. The molecule has 3 fully saturated rings. The van der Waals surface area contributed by atoms with Crippen LogP contribution in [0.2, 0.25) is 0 Å². The van der Waals surface area contributed by atoms with Crippen molar-refractivity contribution in [3.8, 4) is 0 Å². The maximum absolute atomic E-state index is 13.3. The zero-order chi connectivity index (χ0) is 21.0. The van der Waals surface area contributed by atoms with Crippen molar-refractivity contribution in [1.29, 1.82) is 0 Å². The Kier molecular flexibility index (Phi) is 7.46. The highest BCUT2D eigenvalue weighted by molar-refractivity contribution is 7.89. The summed E-state index contributed by atoms with van der Waals surface area (Å²) in [6.45, 7) is 5.86. The van der Waals surface area contributed by atoms with Gasteiger partial charge in [0.25, 0.3) is 5.91 Å². The van der Waals surface area contributed by atoms with Gasteiger partial charge < -0.3 is 14.5 Å². The lowest BCUT2D eigenvalue weighted by Crippen LogP contribution is -2.41. The Morgan fingerprint density at radius 3 is 2.53 bits per heavy atom. The number of sulfonamides is 1. The first-order valence-electron chi connectivity index (χ1n) is 11.2. The third-order valence-corrected chi connectivity index (χ3v) is 9.50. The van der Waals surface area contributed by atoms with E-state index >= 15 is 0 Å². The van der Waals surface area contributed by atoms with Crippen LogP contribution in [0, 0.1) is 5.92 Å². The van der Waals surface area contributed by atoms with E-state index in [1.54, 1.807) is 11.4 Å². The van der Waals surface area contributed by atoms with Crippen LogP contribution in [-0.4, -0.2) is 87.5 Å². The average Bonchev–Trinajstić information content (AvgIpc) is 3.17. The second kappa shape index (κ2) is 10.1. The maximum atomic E-state index is 13.3. The molecule has 0 spiro atoms. The Morgan fingerprint density at radius 1 is 1.00 bits per heavy atom. The van der Waals surface area contributed by atoms with Crippen LogP contribution in [0.15, 0.2) is 16.3 Å². The number of amides is 1. The number of hydrogen-bond acceptors (Lipinski definition) is 6. The molecule has 1 aromatic rings. The van der Waals surface area contributed by atoms with Crippen molar-refractivity contribution in [3.05, 3.63) is 16.3 Å². The first kappa shape index (κ1) is 22.2. The van der Waals surface area contributed by atoms with Gasteiger partial charge in [-0.3, -0.25) is 4.79 Å². The summed E-state index contributed by atoms with van der Waals surface area (Å²) < 4.78 is 32.9. The Bertz CT molecular complexity index is 814. The van der Waals surface area contributed by atoms with Gasteiger partial charge in [-0.2, -0.15) is 4.31 Å². The number of rotatable bonds is 5. The van der Waals surface area contributed by atoms with Gasteiger partial charge in [0.2, 0.25) is 10.0 Å². The Morgan fingerprint density at radius 2 is 1.77 bits per heavy atom. The zero-order valence-corrected chi connectivity index (χ0v) is 19.3. The largest absolute Gasteiger partial charge is 0.379 e. The Labute approximate surface area is 184 Å². The van der Waals surface area contributed by atoms with E-state index in [1.807, 2.05) is 4.90 Å². The van der Waals surface area contributed by atoms with E-state index in [4.69, 9.17) is 4.74 Å². The van der Waals surface area contributed by atoms with Gasteiger partial charge in [-0.05, 0) is 43.2 Å². The summed E-state index contributed by atoms with van der Waals surface area (Å²) in [4.78, 5) is 18.1. The molecule has 0 N–H and O–H groups in total. The first-order chi connectivity index (χ1) is 14.6. The molecule has 2 saturated heterocycles. The van der Waals surface area contributed by atoms with Gasteiger partial charge in [0, 0.05) is 39.3 Å². The van der Waals surface area contributed by atoms with E-state index in [0.29, 0.717) is 44.3 Å². The normalized spacial score (nSPS) is 23.4. The topological polar surface area (TPSA) is 70.2 Å². The van der Waals surface area contributed by atoms with Crippen molar-refractivity contribution >= 4 is 27.3 Å². The fraction of sp³-hybridized carbons (Fsp3) is 0.762. The highest BCUT2D eigenvalue weighted by Crippen LogP contribution is 2.28. The van der Waals surface area contributed by atoms with Gasteiger partial charge in [-0.15, -0.1) is 11.3 Å². The molecule has 9 heteroatoms. The van der Waals surface area contributed by atoms with Crippen LogP contribution in [0.4, 0.5) is 0 Å². The van der Waals surface area contributed by atoms with E-state index in [2.05, 4.69) is 4.90 Å². The Balaban J connectivity index is 1.41. The minimum absolute atomic E-state index is 0.142. The van der Waals surface area contributed by atoms with E-state index < -0.39 is 10.0 Å². The van der Waals surface area contributed by atoms with Crippen molar-refractivity contribution in [2.45, 2.75) is 43.4 Å². The molecule has 1 amide bonds. The third kappa shape index (κ3) is 5.07. The predicted octanol–water partition coefficient (Wildman–Crippen LogP) is 2.50. The smallest absolute Gasteiger partial charge is 0.265 e. The lowest BCUT2D eigenvalue weighted by Gasteiger charge is -2.29. The molecule has 4 rings (SSSR count). The molecule has 3 heterocycles. The van der Waals surface area contributed by atoms with Crippen LogP contribution in [-0.2, 0) is 14.8 Å². The van der Waals surface area contributed by atoms with Gasteiger partial charge in [0.15, 0.2) is 0 Å². The van der Waals surface area contributed by atoms with E-state index in [0.717, 1.165) is 32.0 Å². The molecule has 0 bridgehead atoms. The Hall–Kier alpha value is -1.00. The van der Waals surface area contributed by atoms with Crippen LogP contribution in [0.5, 0.6) is 0 Å². The van der Waals surface area contributed by atoms with Gasteiger partial charge in [-0.1, -0.05) is 19.3 Å². The highest BCUT2D eigenvalue weighted by atomic mass is 32.2. The third-order valence-electron chi connectivity index (χ3n) is 6.53. The molecule has 1 aliphatic carbocycles. The van der Waals surface area contributed by atoms with Crippen molar-refractivity contribution < 1.29 is 17.9 Å². The van der Waals surface area contributed by atoms with Crippen molar-refractivity contribution in [3.63, 3.8) is 0 Å². The molecule has 1 aromatic heterocycles. The predicted molar refractivity (Wildman–Crippen MR) is 117 cm³/mol. The maximum Gasteiger partial charge on any atom is 0.265 e. The summed E-state index contributed by atoms with van der Waals surface area (Å²) in [6, 6.07) is 1.58. The van der Waals surface area contributed by atoms with Crippen LogP contribution >= 0.6 is 11.3 Å². The lowest BCUT2D eigenvalue weighted by molar-refractivity contribution is 0.0726. The van der Waals surface area contributed by atoms with Crippen molar-refractivity contribution in [2.75, 3.05) is 59.0 Å². The number of carbonyl (C=O) groups is 1. The molecule has 0 radical (unpaired) electrons. The second-order valence-electron chi connectivity index (χ2n) is 8.58. The molecular formula is C21H33N3O4S2. The summed E-state index contributed by atoms with van der Waals surface area (Å²) in [6.07, 6.45) is 7.67. The molecule has 7 nitrogen and oxygen atoms in total. The fourth-order valence-electron chi connectivity index (χ4n) is 4.82.